The predicted molar refractivity (Wildman–Crippen MR) is 52.8 cm³/mol. The van der Waals surface area contributed by atoms with Crippen LogP contribution in [0.4, 0.5) is 5.82 Å². The Morgan fingerprint density at radius 2 is 2.42 bits per heavy atom. The van der Waals surface area contributed by atoms with Crippen molar-refractivity contribution in [2.24, 2.45) is 5.10 Å². The lowest BCUT2D eigenvalue weighted by Gasteiger charge is -1.96. The van der Waals surface area contributed by atoms with E-state index in [0.717, 1.165) is 10.7 Å². The fraction of sp³-hybridized carbons (Fsp3) is 0. The van der Waals surface area contributed by atoms with E-state index in [2.05, 4.69) is 31.4 Å². The minimum atomic E-state index is 0.649. The summed E-state index contributed by atoms with van der Waals surface area (Å²) in [6, 6.07) is 3.64. The van der Waals surface area contributed by atoms with E-state index >= 15 is 0 Å². The van der Waals surface area contributed by atoms with E-state index in [4.69, 9.17) is 5.41 Å². The number of hydrogen-bond donors (Lipinski definition) is 2. The summed E-state index contributed by atoms with van der Waals surface area (Å²) in [5.41, 5.74) is 2.66. The Labute approximate surface area is 78.3 Å². The normalized spacial score (nSPS) is 10.1. The van der Waals surface area contributed by atoms with Gasteiger partial charge in [0.2, 0.25) is 0 Å². The smallest absolute Gasteiger partial charge is 0.146 e. The van der Waals surface area contributed by atoms with Gasteiger partial charge in [0.25, 0.3) is 0 Å². The summed E-state index contributed by atoms with van der Waals surface area (Å²) >= 11 is 3.26. The van der Waals surface area contributed by atoms with Crippen molar-refractivity contribution in [2.75, 3.05) is 5.43 Å². The number of halogens is 1. The lowest BCUT2D eigenvalue weighted by atomic mass is 10.5. The molecule has 2 N–H and O–H groups in total. The van der Waals surface area contributed by atoms with Crippen LogP contribution in [0, 0.1) is 5.41 Å². The molecule has 0 aliphatic rings. The Balaban J connectivity index is 2.58. The second kappa shape index (κ2) is 4.61. The van der Waals surface area contributed by atoms with Gasteiger partial charge in [-0.25, -0.2) is 4.98 Å². The van der Waals surface area contributed by atoms with E-state index in [-0.39, 0.29) is 0 Å². The summed E-state index contributed by atoms with van der Waals surface area (Å²) in [6.45, 7) is 0. The summed E-state index contributed by atoms with van der Waals surface area (Å²) in [6.07, 6.45) is 4.10. The van der Waals surface area contributed by atoms with Crippen LogP contribution in [0.5, 0.6) is 0 Å². The van der Waals surface area contributed by atoms with Crippen LogP contribution in [-0.2, 0) is 0 Å². The van der Waals surface area contributed by atoms with Crippen LogP contribution in [0.15, 0.2) is 27.9 Å². The zero-order chi connectivity index (χ0) is 8.81. The van der Waals surface area contributed by atoms with Crippen LogP contribution in [0.25, 0.3) is 0 Å². The maximum atomic E-state index is 6.66. The van der Waals surface area contributed by atoms with Crippen LogP contribution >= 0.6 is 15.9 Å². The topological polar surface area (TPSA) is 61.1 Å². The van der Waals surface area contributed by atoms with Crippen LogP contribution < -0.4 is 5.43 Å². The first kappa shape index (κ1) is 8.86. The molecule has 0 aliphatic heterocycles. The summed E-state index contributed by atoms with van der Waals surface area (Å²) in [7, 11) is 0. The Morgan fingerprint density at radius 1 is 1.58 bits per heavy atom. The molecular formula is C7H7BrN4. The highest BCUT2D eigenvalue weighted by Gasteiger charge is 1.89. The first-order valence-corrected chi connectivity index (χ1v) is 4.02. The quantitative estimate of drug-likeness (QED) is 0.611. The molecule has 0 amide bonds. The molecule has 0 aliphatic carbocycles. The predicted octanol–water partition coefficient (Wildman–Crippen LogP) is 1.89. The van der Waals surface area contributed by atoms with Crippen molar-refractivity contribution in [1.29, 1.82) is 5.41 Å². The highest BCUT2D eigenvalue weighted by Crippen LogP contribution is 2.09. The molecule has 12 heavy (non-hydrogen) atoms. The van der Waals surface area contributed by atoms with Gasteiger partial charge in [-0.1, -0.05) is 0 Å². The molecule has 1 aromatic rings. The van der Waals surface area contributed by atoms with Crippen LogP contribution in [0.1, 0.15) is 0 Å². The molecule has 0 bridgehead atoms. The van der Waals surface area contributed by atoms with Crippen molar-refractivity contribution in [3.05, 3.63) is 22.8 Å². The molecule has 0 spiro atoms. The highest BCUT2D eigenvalue weighted by atomic mass is 79.9. The van der Waals surface area contributed by atoms with Crippen molar-refractivity contribution in [1.82, 2.24) is 4.98 Å². The minimum Gasteiger partial charge on any atom is -0.307 e. The molecule has 0 fully saturated rings. The standard InChI is InChI=1S/C7H7BrN4/c8-6-1-2-7(10-5-6)12-11-4-3-9/h1-5,9H,(H,10,12)/b9-3?,11-4-. The molecular weight excluding hydrogens is 220 g/mol. The fourth-order valence-corrected chi connectivity index (χ4v) is 0.817. The molecule has 1 rings (SSSR count). The van der Waals surface area contributed by atoms with Crippen LogP contribution in [0.3, 0.4) is 0 Å². The van der Waals surface area contributed by atoms with Gasteiger partial charge in [-0.3, -0.25) is 5.43 Å². The number of pyridine rings is 1. The van der Waals surface area contributed by atoms with E-state index < -0.39 is 0 Å². The number of hydrazone groups is 1. The summed E-state index contributed by atoms with van der Waals surface area (Å²) in [5, 5.41) is 10.4. The number of rotatable bonds is 3. The molecule has 62 valence electrons. The summed E-state index contributed by atoms with van der Waals surface area (Å²) in [4.78, 5) is 4.00. The van der Waals surface area contributed by atoms with Crippen molar-refractivity contribution >= 4 is 34.2 Å². The average molecular weight is 227 g/mol. The van der Waals surface area contributed by atoms with Crippen molar-refractivity contribution in [3.63, 3.8) is 0 Å². The van der Waals surface area contributed by atoms with Gasteiger partial charge in [-0.15, -0.1) is 0 Å². The number of nitrogens with one attached hydrogen (secondary N) is 2. The molecule has 1 aromatic heterocycles. The van der Waals surface area contributed by atoms with Gasteiger partial charge < -0.3 is 5.41 Å². The zero-order valence-corrected chi connectivity index (χ0v) is 7.75. The maximum Gasteiger partial charge on any atom is 0.146 e. The van der Waals surface area contributed by atoms with Gasteiger partial charge in [0.1, 0.15) is 5.82 Å². The Hall–Kier alpha value is -1.23. The number of aromatic nitrogens is 1. The molecule has 0 saturated carbocycles. The molecule has 1 heterocycles. The largest absolute Gasteiger partial charge is 0.307 e. The van der Waals surface area contributed by atoms with Gasteiger partial charge in [0, 0.05) is 16.9 Å². The second-order valence-corrected chi connectivity index (χ2v) is 2.83. The van der Waals surface area contributed by atoms with E-state index in [1.54, 1.807) is 12.3 Å². The molecule has 0 radical (unpaired) electrons. The van der Waals surface area contributed by atoms with Gasteiger partial charge in [-0.05, 0) is 28.1 Å². The lowest BCUT2D eigenvalue weighted by molar-refractivity contribution is 1.22. The van der Waals surface area contributed by atoms with Crippen LogP contribution in [0.2, 0.25) is 0 Å². The lowest BCUT2D eigenvalue weighted by Crippen LogP contribution is -1.91. The second-order valence-electron chi connectivity index (χ2n) is 1.92. The third-order valence-electron chi connectivity index (χ3n) is 1.06. The van der Waals surface area contributed by atoms with E-state index in [9.17, 15) is 0 Å². The van der Waals surface area contributed by atoms with Gasteiger partial charge in [0.05, 0.1) is 6.21 Å². The maximum absolute atomic E-state index is 6.66. The molecule has 0 aromatic carbocycles. The van der Waals surface area contributed by atoms with Gasteiger partial charge in [0.15, 0.2) is 0 Å². The van der Waals surface area contributed by atoms with Crippen molar-refractivity contribution < 1.29 is 0 Å². The van der Waals surface area contributed by atoms with Crippen molar-refractivity contribution in [3.8, 4) is 0 Å². The summed E-state index contributed by atoms with van der Waals surface area (Å²) < 4.78 is 0.920. The van der Waals surface area contributed by atoms with E-state index in [0.29, 0.717) is 5.82 Å². The molecule has 4 nitrogen and oxygen atoms in total. The third kappa shape index (κ3) is 2.79. The van der Waals surface area contributed by atoms with Crippen molar-refractivity contribution in [2.45, 2.75) is 0 Å². The van der Waals surface area contributed by atoms with Crippen LogP contribution in [-0.4, -0.2) is 17.4 Å². The van der Waals surface area contributed by atoms with E-state index in [1.165, 1.54) is 6.21 Å². The fourth-order valence-electron chi connectivity index (χ4n) is 0.583. The monoisotopic (exact) mass is 226 g/mol. The van der Waals surface area contributed by atoms with E-state index in [1.807, 2.05) is 6.07 Å². The molecule has 0 saturated heterocycles. The first-order valence-electron chi connectivity index (χ1n) is 3.22. The number of anilines is 1. The number of nitrogens with zero attached hydrogens (tertiary/aromatic N) is 2. The Kier molecular flexibility index (Phi) is 3.40. The summed E-state index contributed by atoms with van der Waals surface area (Å²) in [5.74, 6) is 0.649. The minimum absolute atomic E-state index is 0.649. The third-order valence-corrected chi connectivity index (χ3v) is 1.52. The SMILES string of the molecule is N=C/C=N\Nc1ccc(Br)cn1. The zero-order valence-electron chi connectivity index (χ0n) is 6.16. The molecule has 0 atom stereocenters. The van der Waals surface area contributed by atoms with Gasteiger partial charge in [-0.2, -0.15) is 5.10 Å². The molecule has 5 heteroatoms. The Bertz CT molecular complexity index is 280. The number of hydrogen-bond acceptors (Lipinski definition) is 4. The Morgan fingerprint density at radius 3 is 3.00 bits per heavy atom. The average Bonchev–Trinajstić information content (AvgIpc) is 2.09. The first-order chi connectivity index (χ1) is 5.83. The highest BCUT2D eigenvalue weighted by molar-refractivity contribution is 9.10. The molecule has 0 unspecified atom stereocenters. The van der Waals surface area contributed by atoms with Gasteiger partial charge >= 0.3 is 0 Å².